The number of ether oxygens (including phenoxy) is 2. The molecule has 52 heavy (non-hydrogen) atoms. The van der Waals surface area contributed by atoms with Crippen LogP contribution in [0.15, 0.2) is 35.7 Å². The predicted molar refractivity (Wildman–Crippen MR) is 199 cm³/mol. The molecule has 0 saturated heterocycles. The number of allylic oxidation sites excluding steroid dienone is 1. The van der Waals surface area contributed by atoms with Crippen LogP contribution in [0, 0.1) is 24.7 Å². The van der Waals surface area contributed by atoms with Crippen LogP contribution in [-0.2, 0) is 24.4 Å². The van der Waals surface area contributed by atoms with E-state index in [-0.39, 0.29) is 30.6 Å². The molecule has 7 rings (SSSR count). The summed E-state index contributed by atoms with van der Waals surface area (Å²) in [6, 6.07) is 5.66. The van der Waals surface area contributed by atoms with Gasteiger partial charge >= 0.3 is 0 Å². The first-order chi connectivity index (χ1) is 24.8. The Bertz CT molecular complexity index is 2040. The Morgan fingerprint density at radius 1 is 1.12 bits per heavy atom. The number of fused-ring (bicyclic) bond motifs is 3. The number of thiazole rings is 1. The van der Waals surface area contributed by atoms with Crippen molar-refractivity contribution in [2.45, 2.75) is 94.9 Å². The molecule has 5 atom stereocenters. The molecule has 0 unspecified atom stereocenters. The normalized spacial score (nSPS) is 27.4. The lowest BCUT2D eigenvalue weighted by molar-refractivity contribution is -0.140. The first-order valence-corrected chi connectivity index (χ1v) is 20.6. The van der Waals surface area contributed by atoms with Crippen LogP contribution in [0.1, 0.15) is 82.4 Å². The maximum Gasteiger partial charge on any atom is 0.259 e. The van der Waals surface area contributed by atoms with Gasteiger partial charge < -0.3 is 19.7 Å². The van der Waals surface area contributed by atoms with Crippen molar-refractivity contribution < 1.29 is 32.3 Å². The Kier molecular flexibility index (Phi) is 9.83. The first kappa shape index (κ1) is 36.3. The van der Waals surface area contributed by atoms with Gasteiger partial charge in [-0.3, -0.25) is 19.1 Å². The second-order valence-electron chi connectivity index (χ2n) is 15.1. The molecule has 3 saturated carbocycles. The number of hydrogen-bond donors (Lipinski definition) is 2. The minimum Gasteiger partial charge on any atom is -0.496 e. The van der Waals surface area contributed by atoms with E-state index in [1.165, 1.54) is 11.3 Å². The zero-order chi connectivity index (χ0) is 36.9. The van der Waals surface area contributed by atoms with Crippen LogP contribution >= 0.6 is 11.3 Å². The van der Waals surface area contributed by atoms with Gasteiger partial charge in [-0.15, -0.1) is 11.3 Å². The maximum atomic E-state index is 14.3. The summed E-state index contributed by atoms with van der Waals surface area (Å²) in [6.07, 6.45) is 7.61. The van der Waals surface area contributed by atoms with E-state index in [4.69, 9.17) is 19.4 Å². The van der Waals surface area contributed by atoms with E-state index in [1.54, 1.807) is 19.1 Å². The second kappa shape index (κ2) is 14.1. The Morgan fingerprint density at radius 2 is 1.88 bits per heavy atom. The monoisotopic (exact) mass is 749 g/mol. The summed E-state index contributed by atoms with van der Waals surface area (Å²) >= 11 is 1.51. The fourth-order valence-corrected chi connectivity index (χ4v) is 9.85. The zero-order valence-corrected chi connectivity index (χ0v) is 31.9. The van der Waals surface area contributed by atoms with Gasteiger partial charge in [0.15, 0.2) is 0 Å². The largest absolute Gasteiger partial charge is 0.496 e. The molecule has 3 aliphatic carbocycles. The topological polar surface area (TPSA) is 157 Å². The highest BCUT2D eigenvalue weighted by Gasteiger charge is 2.62. The van der Waals surface area contributed by atoms with Gasteiger partial charge in [-0.25, -0.2) is 18.4 Å². The van der Waals surface area contributed by atoms with Crippen LogP contribution in [0.2, 0.25) is 0 Å². The number of nitrogens with zero attached hydrogens (tertiary/aromatic N) is 3. The highest BCUT2D eigenvalue weighted by molar-refractivity contribution is 7.91. The zero-order valence-electron chi connectivity index (χ0n) is 30.3. The number of rotatable bonds is 8. The van der Waals surface area contributed by atoms with E-state index in [9.17, 15) is 22.8 Å². The van der Waals surface area contributed by atoms with E-state index < -0.39 is 50.6 Å². The average Bonchev–Trinajstić information content (AvgIpc) is 3.98. The molecule has 1 aromatic carbocycles. The molecule has 2 N–H and O–H groups in total. The number of aromatic nitrogens is 2. The number of aryl methyl sites for hydroxylation is 1. The first-order valence-electron chi connectivity index (χ1n) is 18.2. The highest BCUT2D eigenvalue weighted by Crippen LogP contribution is 2.47. The van der Waals surface area contributed by atoms with Gasteiger partial charge in [-0.2, -0.15) is 0 Å². The smallest absolute Gasteiger partial charge is 0.259 e. The lowest BCUT2D eigenvalue weighted by Crippen LogP contribution is -2.54. The number of methoxy groups -OCH3 is 1. The molecule has 3 aromatic rings. The molecular formula is C38H47N5O7S2. The van der Waals surface area contributed by atoms with Crippen molar-refractivity contribution in [3.05, 3.63) is 47.0 Å². The van der Waals surface area contributed by atoms with Crippen molar-refractivity contribution in [3.8, 4) is 22.2 Å². The molecule has 12 nitrogen and oxygen atoms in total. The molecule has 3 heterocycles. The van der Waals surface area contributed by atoms with Gasteiger partial charge in [0.05, 0.1) is 35.4 Å². The summed E-state index contributed by atoms with van der Waals surface area (Å²) in [5.41, 5.74) is 1.79. The van der Waals surface area contributed by atoms with Crippen LogP contribution in [0.25, 0.3) is 21.6 Å². The van der Waals surface area contributed by atoms with E-state index in [2.05, 4.69) is 23.9 Å². The number of carbonyl (C=O) groups excluding carboxylic acids is 3. The molecule has 0 radical (unpaired) electrons. The van der Waals surface area contributed by atoms with Crippen molar-refractivity contribution >= 4 is 50.0 Å². The molecular weight excluding hydrogens is 703 g/mol. The van der Waals surface area contributed by atoms with E-state index in [0.717, 1.165) is 40.9 Å². The van der Waals surface area contributed by atoms with Gasteiger partial charge in [0.1, 0.15) is 33.8 Å². The van der Waals surface area contributed by atoms with E-state index in [1.807, 2.05) is 42.7 Å². The Hall–Kier alpha value is -4.04. The van der Waals surface area contributed by atoms with Crippen molar-refractivity contribution in [3.63, 3.8) is 0 Å². The standard InChI is InChI=1S/C38H47N5O7S2/c1-21(2)30-20-51-35(40-30)29-18-32(26-13-14-31(49-5)22(3)33(26)39-29)50-24-16-27-28(17-24)36(45)43(4)15-9-7-6-8-10-23-19-38(23,41-34(27)44)37(46)42-52(47,48)25-11-12-25/h8,10,13-14,18,20-21,23-25,27-28H,6-7,9,11-12,15-17,19H2,1-5H3,(H,41,44)(H,42,46)/b10-8+/t23-,24-,27-,28+,38-/m1/s1. The second-order valence-corrected chi connectivity index (χ2v) is 17.9. The molecule has 14 heteroatoms. The minimum atomic E-state index is -3.83. The van der Waals surface area contributed by atoms with Crippen molar-refractivity contribution in [1.82, 2.24) is 24.9 Å². The third kappa shape index (κ3) is 7.03. The SMILES string of the molecule is COc1ccc2c(O[C@H]3C[C@@H]4C(=O)N(C)CCCC/C=C/[C@@H]5C[C@@]5(C(=O)NS(=O)(=O)C5CC5)NC(=O)[C@@H]4C3)cc(-c3nc(C(C)C)cs3)nc2c1C. The number of sulfonamides is 1. The Labute approximate surface area is 308 Å². The molecule has 1 aliphatic heterocycles. The summed E-state index contributed by atoms with van der Waals surface area (Å²) in [4.78, 5) is 53.5. The third-order valence-corrected chi connectivity index (χ3v) is 13.7. The molecule has 3 fully saturated rings. The van der Waals surface area contributed by atoms with Gasteiger partial charge in [0, 0.05) is 41.9 Å². The van der Waals surface area contributed by atoms with E-state index >= 15 is 0 Å². The number of carbonyl (C=O) groups is 3. The molecule has 3 amide bonds. The van der Waals surface area contributed by atoms with Gasteiger partial charge in [0.2, 0.25) is 21.8 Å². The molecule has 278 valence electrons. The van der Waals surface area contributed by atoms with Crippen LogP contribution in [-0.4, -0.2) is 78.6 Å². The summed E-state index contributed by atoms with van der Waals surface area (Å²) in [5.74, 6) is -1.63. The lowest BCUT2D eigenvalue weighted by atomic mass is 9.93. The molecule has 0 bridgehead atoms. The van der Waals surface area contributed by atoms with Crippen LogP contribution in [0.3, 0.4) is 0 Å². The lowest BCUT2D eigenvalue weighted by Gasteiger charge is -2.26. The quantitative estimate of drug-likeness (QED) is 0.294. The Morgan fingerprint density at radius 3 is 2.60 bits per heavy atom. The fraction of sp³-hybridized carbons (Fsp3) is 0.553. The van der Waals surface area contributed by atoms with Crippen molar-refractivity contribution in [2.24, 2.45) is 17.8 Å². The number of hydrogen-bond acceptors (Lipinski definition) is 10. The Balaban J connectivity index is 1.21. The summed E-state index contributed by atoms with van der Waals surface area (Å²) < 4.78 is 40.2. The maximum absolute atomic E-state index is 14.3. The molecule has 0 spiro atoms. The molecule has 2 aromatic heterocycles. The average molecular weight is 750 g/mol. The molecule has 4 aliphatic rings. The summed E-state index contributed by atoms with van der Waals surface area (Å²) in [7, 11) is -0.445. The van der Waals surface area contributed by atoms with Gasteiger partial charge in [-0.05, 0) is 76.3 Å². The summed E-state index contributed by atoms with van der Waals surface area (Å²) in [5, 5.41) is 5.95. The summed E-state index contributed by atoms with van der Waals surface area (Å²) in [6.45, 7) is 6.69. The van der Waals surface area contributed by atoms with Crippen molar-refractivity contribution in [2.75, 3.05) is 20.7 Å². The number of benzene rings is 1. The number of pyridine rings is 1. The fourth-order valence-electron chi connectivity index (χ4n) is 7.55. The number of nitrogens with one attached hydrogen (secondary N) is 2. The third-order valence-electron chi connectivity index (χ3n) is 11.0. The van der Waals surface area contributed by atoms with Crippen molar-refractivity contribution in [1.29, 1.82) is 0 Å². The van der Waals surface area contributed by atoms with Gasteiger partial charge in [-0.1, -0.05) is 26.0 Å². The minimum absolute atomic E-state index is 0.147. The number of amides is 3. The highest BCUT2D eigenvalue weighted by atomic mass is 32.2. The van der Waals surface area contributed by atoms with Crippen LogP contribution in [0.5, 0.6) is 11.5 Å². The van der Waals surface area contributed by atoms with Crippen LogP contribution in [0.4, 0.5) is 0 Å². The van der Waals surface area contributed by atoms with E-state index in [0.29, 0.717) is 48.5 Å². The predicted octanol–water partition coefficient (Wildman–Crippen LogP) is 5.25. The van der Waals surface area contributed by atoms with Gasteiger partial charge in [0.25, 0.3) is 5.91 Å². The van der Waals surface area contributed by atoms with Crippen LogP contribution < -0.4 is 19.5 Å².